The van der Waals surface area contributed by atoms with Crippen LogP contribution in [0.5, 0.6) is 0 Å². The quantitative estimate of drug-likeness (QED) is 0.698. The fraction of sp³-hybridized carbons (Fsp3) is 1.00. The van der Waals surface area contributed by atoms with E-state index in [-0.39, 0.29) is 12.4 Å². The molecule has 0 spiro atoms. The van der Waals surface area contributed by atoms with Gasteiger partial charge >= 0.3 is 0 Å². The first-order valence-electron chi connectivity index (χ1n) is 5.45. The van der Waals surface area contributed by atoms with Gasteiger partial charge in [0.2, 0.25) is 0 Å². The smallest absolute Gasteiger partial charge is 0.162 e. The summed E-state index contributed by atoms with van der Waals surface area (Å²) in [5.41, 5.74) is 5.49. The van der Waals surface area contributed by atoms with Gasteiger partial charge in [0, 0.05) is 12.5 Å². The highest BCUT2D eigenvalue weighted by Crippen LogP contribution is 2.27. The summed E-state index contributed by atoms with van der Waals surface area (Å²) < 4.78 is 11.5. The van der Waals surface area contributed by atoms with E-state index in [1.54, 1.807) is 0 Å². The molecule has 0 radical (unpaired) electrons. The number of rotatable bonds is 3. The van der Waals surface area contributed by atoms with Gasteiger partial charge in [-0.15, -0.1) is 0 Å². The molecule has 3 atom stereocenters. The molecule has 3 unspecified atom stereocenters. The maximum absolute atomic E-state index is 5.81. The predicted molar refractivity (Wildman–Crippen MR) is 53.9 cm³/mol. The summed E-state index contributed by atoms with van der Waals surface area (Å²) in [5.74, 6) is 0.558. The molecule has 2 aliphatic rings. The molecule has 2 fully saturated rings. The van der Waals surface area contributed by atoms with Gasteiger partial charge in [0.1, 0.15) is 0 Å². The first-order chi connectivity index (χ1) is 6.79. The van der Waals surface area contributed by atoms with Crippen LogP contribution in [-0.2, 0) is 9.47 Å². The van der Waals surface area contributed by atoms with Gasteiger partial charge in [0.25, 0.3) is 0 Å². The zero-order valence-corrected chi connectivity index (χ0v) is 8.82. The molecule has 0 aromatic carbocycles. The number of likely N-dealkylation sites (tertiary alicyclic amines) is 1. The molecule has 0 saturated carbocycles. The van der Waals surface area contributed by atoms with Gasteiger partial charge in [-0.3, -0.25) is 0 Å². The van der Waals surface area contributed by atoms with Crippen molar-refractivity contribution in [2.45, 2.75) is 25.2 Å². The van der Waals surface area contributed by atoms with Gasteiger partial charge in [-0.2, -0.15) is 0 Å². The topological polar surface area (TPSA) is 47.7 Å². The molecule has 0 aromatic rings. The summed E-state index contributed by atoms with van der Waals surface area (Å²) in [6.45, 7) is 3.67. The van der Waals surface area contributed by atoms with Gasteiger partial charge in [-0.25, -0.2) is 0 Å². The molecular formula is C10H20N2O2. The Morgan fingerprint density at radius 1 is 1.50 bits per heavy atom. The van der Waals surface area contributed by atoms with Gasteiger partial charge in [0.05, 0.1) is 12.7 Å². The highest BCUT2D eigenvalue weighted by Gasteiger charge is 2.35. The van der Waals surface area contributed by atoms with Crippen molar-refractivity contribution in [3.05, 3.63) is 0 Å². The molecule has 0 amide bonds. The van der Waals surface area contributed by atoms with Crippen molar-refractivity contribution >= 4 is 0 Å². The van der Waals surface area contributed by atoms with Crippen molar-refractivity contribution in [3.63, 3.8) is 0 Å². The third kappa shape index (κ3) is 2.25. The standard InChI is InChI=1S/C10H20N2O2/c1-12-5-3-8(6-12)10-13-7-9(14-10)2-4-11/h8-10H,2-7,11H2,1H3. The van der Waals surface area contributed by atoms with Gasteiger partial charge in [-0.1, -0.05) is 0 Å². The van der Waals surface area contributed by atoms with Gasteiger partial charge < -0.3 is 20.1 Å². The van der Waals surface area contributed by atoms with E-state index in [4.69, 9.17) is 15.2 Å². The van der Waals surface area contributed by atoms with Crippen LogP contribution in [-0.4, -0.2) is 50.6 Å². The summed E-state index contributed by atoms with van der Waals surface area (Å²) in [6, 6.07) is 0. The molecule has 2 heterocycles. The SMILES string of the molecule is CN1CCC(C2OCC(CCN)O2)C1. The number of nitrogens with two attached hydrogens (primary N) is 1. The lowest BCUT2D eigenvalue weighted by Gasteiger charge is -2.17. The number of hydrogen-bond acceptors (Lipinski definition) is 4. The lowest BCUT2D eigenvalue weighted by Crippen LogP contribution is -2.25. The molecule has 0 aliphatic carbocycles. The molecule has 2 aliphatic heterocycles. The van der Waals surface area contributed by atoms with E-state index in [9.17, 15) is 0 Å². The van der Waals surface area contributed by atoms with E-state index in [0.717, 1.165) is 26.1 Å². The second kappa shape index (κ2) is 4.57. The van der Waals surface area contributed by atoms with Crippen LogP contribution in [0.4, 0.5) is 0 Å². The second-order valence-corrected chi connectivity index (χ2v) is 4.35. The first kappa shape index (κ1) is 10.4. The van der Waals surface area contributed by atoms with E-state index in [1.165, 1.54) is 6.42 Å². The van der Waals surface area contributed by atoms with Crippen LogP contribution in [0, 0.1) is 5.92 Å². The summed E-state index contributed by atoms with van der Waals surface area (Å²) in [4.78, 5) is 2.33. The van der Waals surface area contributed by atoms with Gasteiger partial charge in [0.15, 0.2) is 6.29 Å². The largest absolute Gasteiger partial charge is 0.350 e. The van der Waals surface area contributed by atoms with Crippen molar-refractivity contribution in [1.29, 1.82) is 0 Å². The van der Waals surface area contributed by atoms with E-state index in [0.29, 0.717) is 12.5 Å². The minimum absolute atomic E-state index is 0.0245. The fourth-order valence-electron chi connectivity index (χ4n) is 2.25. The third-order valence-electron chi connectivity index (χ3n) is 3.07. The van der Waals surface area contributed by atoms with Crippen molar-refractivity contribution in [2.24, 2.45) is 11.7 Å². The Morgan fingerprint density at radius 3 is 3.00 bits per heavy atom. The van der Waals surface area contributed by atoms with Crippen LogP contribution in [0.1, 0.15) is 12.8 Å². The molecule has 2 N–H and O–H groups in total. The molecular weight excluding hydrogens is 180 g/mol. The number of ether oxygens (including phenoxy) is 2. The monoisotopic (exact) mass is 200 g/mol. The lowest BCUT2D eigenvalue weighted by molar-refractivity contribution is -0.0933. The number of nitrogens with zero attached hydrogens (tertiary/aromatic N) is 1. The summed E-state index contributed by atoms with van der Waals surface area (Å²) in [7, 11) is 2.15. The molecule has 4 heteroatoms. The van der Waals surface area contributed by atoms with Crippen LogP contribution in [0.3, 0.4) is 0 Å². The van der Waals surface area contributed by atoms with Crippen LogP contribution in [0.15, 0.2) is 0 Å². The minimum Gasteiger partial charge on any atom is -0.350 e. The van der Waals surface area contributed by atoms with Crippen LogP contribution < -0.4 is 5.73 Å². The van der Waals surface area contributed by atoms with Gasteiger partial charge in [-0.05, 0) is 33.0 Å². The predicted octanol–water partition coefficient (Wildman–Crippen LogP) is 0.0284. The van der Waals surface area contributed by atoms with Crippen molar-refractivity contribution in [1.82, 2.24) is 4.90 Å². The van der Waals surface area contributed by atoms with Crippen LogP contribution in [0.2, 0.25) is 0 Å². The van der Waals surface area contributed by atoms with Crippen LogP contribution in [0.25, 0.3) is 0 Å². The van der Waals surface area contributed by atoms with Crippen molar-refractivity contribution < 1.29 is 9.47 Å². The Hall–Kier alpha value is -0.160. The first-order valence-corrected chi connectivity index (χ1v) is 5.45. The van der Waals surface area contributed by atoms with E-state index in [1.807, 2.05) is 0 Å². The van der Waals surface area contributed by atoms with E-state index in [2.05, 4.69) is 11.9 Å². The summed E-state index contributed by atoms with van der Waals surface area (Å²) in [6.07, 6.45) is 2.36. The van der Waals surface area contributed by atoms with Crippen molar-refractivity contribution in [3.8, 4) is 0 Å². The molecule has 0 bridgehead atoms. The summed E-state index contributed by atoms with van der Waals surface area (Å²) >= 11 is 0. The molecule has 4 nitrogen and oxygen atoms in total. The fourth-order valence-corrected chi connectivity index (χ4v) is 2.25. The Balaban J connectivity index is 1.78. The Bertz CT molecular complexity index is 189. The third-order valence-corrected chi connectivity index (χ3v) is 3.07. The molecule has 0 aromatic heterocycles. The molecule has 2 rings (SSSR count). The van der Waals surface area contributed by atoms with Crippen LogP contribution >= 0.6 is 0 Å². The zero-order valence-electron chi connectivity index (χ0n) is 8.82. The maximum atomic E-state index is 5.81. The Morgan fingerprint density at radius 2 is 2.36 bits per heavy atom. The molecule has 82 valence electrons. The zero-order chi connectivity index (χ0) is 9.97. The molecule has 14 heavy (non-hydrogen) atoms. The summed E-state index contributed by atoms with van der Waals surface area (Å²) in [5, 5.41) is 0. The average molecular weight is 200 g/mol. The highest BCUT2D eigenvalue weighted by atomic mass is 16.7. The lowest BCUT2D eigenvalue weighted by atomic mass is 10.1. The Labute approximate surface area is 85.3 Å². The molecule has 2 saturated heterocycles. The Kier molecular flexibility index (Phi) is 3.38. The number of hydrogen-bond donors (Lipinski definition) is 1. The van der Waals surface area contributed by atoms with Crippen molar-refractivity contribution in [2.75, 3.05) is 33.3 Å². The minimum atomic E-state index is 0.0245. The highest BCUT2D eigenvalue weighted by molar-refractivity contribution is 4.79. The van der Waals surface area contributed by atoms with E-state index < -0.39 is 0 Å². The second-order valence-electron chi connectivity index (χ2n) is 4.35. The maximum Gasteiger partial charge on any atom is 0.162 e. The normalized spacial score (nSPS) is 39.4. The average Bonchev–Trinajstić information content (AvgIpc) is 2.74. The van der Waals surface area contributed by atoms with E-state index >= 15 is 0 Å².